The van der Waals surface area contributed by atoms with Gasteiger partial charge in [0.15, 0.2) is 0 Å². The molecule has 0 spiro atoms. The Morgan fingerprint density at radius 3 is 2.95 bits per heavy atom. The highest BCUT2D eigenvalue weighted by Gasteiger charge is 2.09. The van der Waals surface area contributed by atoms with Gasteiger partial charge >= 0.3 is 0 Å². The van der Waals surface area contributed by atoms with E-state index < -0.39 is 0 Å². The Kier molecular flexibility index (Phi) is 3.23. The molecule has 3 aromatic rings. The monoisotopic (exact) mass is 285 g/mol. The van der Waals surface area contributed by atoms with Crippen LogP contribution in [0.3, 0.4) is 0 Å². The molecular weight excluding hydrogens is 270 g/mol. The highest BCUT2D eigenvalue weighted by atomic mass is 32.1. The maximum Gasteiger partial charge on any atom is 0.146 e. The van der Waals surface area contributed by atoms with Crippen LogP contribution in [0.25, 0.3) is 10.9 Å². The number of fused-ring (bicyclic) bond motifs is 1. The molecule has 0 aliphatic rings. The van der Waals surface area contributed by atoms with E-state index in [-0.39, 0.29) is 0 Å². The predicted octanol–water partition coefficient (Wildman–Crippen LogP) is 1.94. The number of hydrogen-bond acceptors (Lipinski definition) is 3. The first kappa shape index (κ1) is 12.8. The van der Waals surface area contributed by atoms with E-state index >= 15 is 0 Å². The highest BCUT2D eigenvalue weighted by molar-refractivity contribution is 7.80. The first-order chi connectivity index (χ1) is 9.70. The molecule has 0 bridgehead atoms. The predicted molar refractivity (Wildman–Crippen MR) is 82.6 cm³/mol. The van der Waals surface area contributed by atoms with Crippen LogP contribution in [0.4, 0.5) is 0 Å². The van der Waals surface area contributed by atoms with Crippen molar-refractivity contribution in [2.75, 3.05) is 0 Å². The average molecular weight is 285 g/mol. The first-order valence-corrected chi connectivity index (χ1v) is 6.86. The Morgan fingerprint density at radius 2 is 2.20 bits per heavy atom. The van der Waals surface area contributed by atoms with E-state index in [0.717, 1.165) is 28.8 Å². The number of nitrogens with zero attached hydrogens (tertiary/aromatic N) is 4. The van der Waals surface area contributed by atoms with Gasteiger partial charge in [-0.05, 0) is 19.1 Å². The topological polar surface area (TPSA) is 61.7 Å². The smallest absolute Gasteiger partial charge is 0.146 e. The third kappa shape index (κ3) is 2.08. The number of benzene rings is 1. The van der Waals surface area contributed by atoms with Crippen LogP contribution in [0, 0.1) is 0 Å². The van der Waals surface area contributed by atoms with Crippen molar-refractivity contribution in [1.29, 1.82) is 0 Å². The van der Waals surface area contributed by atoms with Crippen LogP contribution >= 0.6 is 12.2 Å². The molecule has 0 saturated heterocycles. The van der Waals surface area contributed by atoms with E-state index in [1.54, 1.807) is 6.33 Å². The van der Waals surface area contributed by atoms with Crippen molar-refractivity contribution in [2.24, 2.45) is 5.73 Å². The zero-order valence-corrected chi connectivity index (χ0v) is 12.0. The first-order valence-electron chi connectivity index (χ1n) is 6.45. The Balaban J connectivity index is 2.05. The van der Waals surface area contributed by atoms with E-state index in [1.807, 2.05) is 29.1 Å². The molecule has 0 unspecified atom stereocenters. The molecule has 102 valence electrons. The zero-order chi connectivity index (χ0) is 14.1. The summed E-state index contributed by atoms with van der Waals surface area (Å²) in [7, 11) is 0. The third-order valence-electron chi connectivity index (χ3n) is 3.39. The number of nitrogens with two attached hydrogens (primary N) is 1. The molecule has 0 aliphatic heterocycles. The molecule has 0 aliphatic carbocycles. The average Bonchev–Trinajstić information content (AvgIpc) is 3.06. The minimum atomic E-state index is 0.421. The van der Waals surface area contributed by atoms with E-state index in [0.29, 0.717) is 11.5 Å². The maximum atomic E-state index is 5.77. The summed E-state index contributed by atoms with van der Waals surface area (Å²) in [5, 5.41) is 5.26. The van der Waals surface area contributed by atoms with Gasteiger partial charge in [-0.3, -0.25) is 0 Å². The van der Waals surface area contributed by atoms with Crippen LogP contribution in [0.5, 0.6) is 0 Å². The largest absolute Gasteiger partial charge is 0.389 e. The van der Waals surface area contributed by atoms with Crippen LogP contribution in [0.2, 0.25) is 0 Å². The molecule has 0 fully saturated rings. The molecule has 2 N–H and O–H groups in total. The Bertz CT molecular complexity index is 771. The Morgan fingerprint density at radius 1 is 1.35 bits per heavy atom. The summed E-state index contributed by atoms with van der Waals surface area (Å²) < 4.78 is 4.02. The summed E-state index contributed by atoms with van der Waals surface area (Å²) >= 11 is 5.10. The van der Waals surface area contributed by atoms with E-state index in [4.69, 9.17) is 18.0 Å². The molecule has 5 nitrogen and oxygen atoms in total. The molecule has 1 aromatic carbocycles. The number of hydrogen-bond donors (Lipinski definition) is 1. The minimum Gasteiger partial charge on any atom is -0.389 e. The van der Waals surface area contributed by atoms with Crippen molar-refractivity contribution in [3.8, 4) is 0 Å². The van der Waals surface area contributed by atoms with E-state index in [9.17, 15) is 0 Å². The molecule has 0 amide bonds. The van der Waals surface area contributed by atoms with Crippen LogP contribution in [-0.4, -0.2) is 24.3 Å². The molecule has 6 heteroatoms. The van der Waals surface area contributed by atoms with E-state index in [1.165, 1.54) is 0 Å². The van der Waals surface area contributed by atoms with Gasteiger partial charge in [-0.15, -0.1) is 0 Å². The lowest BCUT2D eigenvalue weighted by Gasteiger charge is -2.07. The third-order valence-corrected chi connectivity index (χ3v) is 3.61. The minimum absolute atomic E-state index is 0.421. The lowest BCUT2D eigenvalue weighted by Crippen LogP contribution is -2.10. The summed E-state index contributed by atoms with van der Waals surface area (Å²) in [6, 6.07) is 8.02. The highest BCUT2D eigenvalue weighted by Crippen LogP contribution is 2.21. The van der Waals surface area contributed by atoms with Gasteiger partial charge in [0.05, 0.1) is 6.54 Å². The van der Waals surface area contributed by atoms with Crippen LogP contribution in [-0.2, 0) is 13.1 Å². The second-order valence-corrected chi connectivity index (χ2v) is 4.98. The molecule has 2 heterocycles. The van der Waals surface area contributed by atoms with Crippen molar-refractivity contribution in [2.45, 2.75) is 20.0 Å². The van der Waals surface area contributed by atoms with Crippen molar-refractivity contribution in [3.63, 3.8) is 0 Å². The lowest BCUT2D eigenvalue weighted by atomic mass is 10.1. The number of aromatic nitrogens is 4. The molecule has 20 heavy (non-hydrogen) atoms. The van der Waals surface area contributed by atoms with Gasteiger partial charge in [0.25, 0.3) is 0 Å². The van der Waals surface area contributed by atoms with Crippen LogP contribution in [0.1, 0.15) is 18.3 Å². The normalized spacial score (nSPS) is 11.1. The van der Waals surface area contributed by atoms with Gasteiger partial charge in [-0.2, -0.15) is 5.10 Å². The fourth-order valence-corrected chi connectivity index (χ4v) is 2.58. The lowest BCUT2D eigenvalue weighted by molar-refractivity contribution is 0.597. The van der Waals surface area contributed by atoms with Gasteiger partial charge in [-0.1, -0.05) is 24.4 Å². The van der Waals surface area contributed by atoms with Gasteiger partial charge in [-0.25, -0.2) is 9.67 Å². The van der Waals surface area contributed by atoms with Crippen LogP contribution in [0.15, 0.2) is 36.8 Å². The number of thiocarbonyl (C=S) groups is 1. The van der Waals surface area contributed by atoms with Crippen molar-refractivity contribution >= 4 is 28.1 Å². The molecular formula is C14H15N5S. The summed E-state index contributed by atoms with van der Waals surface area (Å²) in [5.41, 5.74) is 7.77. The van der Waals surface area contributed by atoms with Gasteiger partial charge in [0, 0.05) is 29.2 Å². The van der Waals surface area contributed by atoms with Gasteiger partial charge < -0.3 is 10.3 Å². The summed E-state index contributed by atoms with van der Waals surface area (Å²) in [4.78, 5) is 4.73. The Hall–Kier alpha value is -2.21. The Labute approximate surface area is 122 Å². The van der Waals surface area contributed by atoms with Gasteiger partial charge in [0.1, 0.15) is 17.1 Å². The fraction of sp³-hybridized carbons (Fsp3) is 0.214. The second kappa shape index (κ2) is 5.05. The summed E-state index contributed by atoms with van der Waals surface area (Å²) in [6.45, 7) is 3.54. The standard InChI is InChI=1S/C14H15N5S/c1-2-19-13(16-9-17-19)8-18-7-6-10-11(14(15)20)4-3-5-12(10)18/h3-7,9H,2,8H2,1H3,(H2,15,20). The number of rotatable bonds is 4. The molecule has 2 aromatic heterocycles. The van der Waals surface area contributed by atoms with Crippen LogP contribution < -0.4 is 5.73 Å². The van der Waals surface area contributed by atoms with Crippen molar-refractivity contribution < 1.29 is 0 Å². The maximum absolute atomic E-state index is 5.77. The summed E-state index contributed by atoms with van der Waals surface area (Å²) in [5.74, 6) is 0.936. The zero-order valence-electron chi connectivity index (χ0n) is 11.2. The molecule has 3 rings (SSSR count). The van der Waals surface area contributed by atoms with Crippen molar-refractivity contribution in [1.82, 2.24) is 19.3 Å². The molecule has 0 atom stereocenters. The van der Waals surface area contributed by atoms with Gasteiger partial charge in [0.2, 0.25) is 0 Å². The number of aryl methyl sites for hydroxylation is 1. The molecule has 0 saturated carbocycles. The van der Waals surface area contributed by atoms with Crippen molar-refractivity contribution in [3.05, 3.63) is 48.2 Å². The fourth-order valence-electron chi connectivity index (χ4n) is 2.40. The SMILES string of the molecule is CCn1ncnc1Cn1ccc2c(C(N)=S)cccc21. The summed E-state index contributed by atoms with van der Waals surface area (Å²) in [6.07, 6.45) is 3.62. The van der Waals surface area contributed by atoms with E-state index in [2.05, 4.69) is 27.6 Å². The quantitative estimate of drug-likeness (QED) is 0.744. The molecule has 0 radical (unpaired) electrons. The second-order valence-electron chi connectivity index (χ2n) is 4.54.